The Morgan fingerprint density at radius 3 is 2.05 bits per heavy atom. The lowest BCUT2D eigenvalue weighted by Crippen LogP contribution is -2.42. The Morgan fingerprint density at radius 1 is 1.05 bits per heavy atom. The van der Waals surface area contributed by atoms with Gasteiger partial charge in [-0.25, -0.2) is 0 Å². The number of ether oxygens (including phenoxy) is 1. The summed E-state index contributed by atoms with van der Waals surface area (Å²) in [4.78, 5) is 11.7. The van der Waals surface area contributed by atoms with E-state index in [1.165, 1.54) is 24.3 Å². The molecule has 2 aromatic rings. The van der Waals surface area contributed by atoms with E-state index >= 15 is 0 Å². The van der Waals surface area contributed by atoms with Gasteiger partial charge in [0.1, 0.15) is 5.75 Å². The van der Waals surface area contributed by atoms with Gasteiger partial charge >= 0.3 is 6.61 Å². The topological polar surface area (TPSA) is 72.6 Å². The van der Waals surface area contributed by atoms with Crippen molar-refractivity contribution in [3.05, 3.63) is 65.7 Å². The highest BCUT2D eigenvalue weighted by Gasteiger charge is 2.38. The zero-order valence-corrected chi connectivity index (χ0v) is 10.9. The summed E-state index contributed by atoms with van der Waals surface area (Å²) in [6.45, 7) is -2.94. The zero-order chi connectivity index (χ0) is 15.5. The molecule has 2 aromatic carbocycles. The summed E-state index contributed by atoms with van der Waals surface area (Å²) in [6, 6.07) is 13.2. The Morgan fingerprint density at radius 2 is 1.57 bits per heavy atom. The van der Waals surface area contributed by atoms with Crippen LogP contribution in [0.15, 0.2) is 54.6 Å². The minimum Gasteiger partial charge on any atom is -0.435 e. The molecule has 0 aliphatic heterocycles. The maximum absolute atomic E-state index is 12.1. The largest absolute Gasteiger partial charge is 0.435 e. The van der Waals surface area contributed by atoms with E-state index in [0.717, 1.165) is 0 Å². The van der Waals surface area contributed by atoms with Gasteiger partial charge in [0.25, 0.3) is 5.91 Å². The molecule has 0 radical (unpaired) electrons. The lowest BCUT2D eigenvalue weighted by molar-refractivity contribution is -0.133. The van der Waals surface area contributed by atoms with Crippen molar-refractivity contribution in [3.8, 4) is 5.75 Å². The average molecular weight is 293 g/mol. The number of carbonyl (C=O) groups excluding carboxylic acids is 1. The van der Waals surface area contributed by atoms with Crippen LogP contribution in [0.5, 0.6) is 5.75 Å². The van der Waals surface area contributed by atoms with Crippen LogP contribution in [-0.4, -0.2) is 17.6 Å². The number of benzene rings is 2. The molecule has 0 aliphatic carbocycles. The Bertz CT molecular complexity index is 617. The molecule has 0 heterocycles. The first-order chi connectivity index (χ1) is 9.94. The van der Waals surface area contributed by atoms with Gasteiger partial charge in [-0.1, -0.05) is 42.5 Å². The lowest BCUT2D eigenvalue weighted by Gasteiger charge is -2.25. The molecule has 110 valence electrons. The van der Waals surface area contributed by atoms with E-state index < -0.39 is 18.1 Å². The van der Waals surface area contributed by atoms with Crippen LogP contribution in [0, 0.1) is 0 Å². The van der Waals surface area contributed by atoms with Gasteiger partial charge in [-0.05, 0) is 23.3 Å². The second-order valence-electron chi connectivity index (χ2n) is 4.34. The molecule has 1 atom stereocenters. The minimum atomic E-state index is -2.94. The predicted molar refractivity (Wildman–Crippen MR) is 71.7 cm³/mol. The first-order valence-electron chi connectivity index (χ1n) is 6.07. The number of rotatable bonds is 5. The monoisotopic (exact) mass is 293 g/mol. The third-order valence-corrected chi connectivity index (χ3v) is 3.05. The van der Waals surface area contributed by atoms with Crippen molar-refractivity contribution < 1.29 is 23.4 Å². The van der Waals surface area contributed by atoms with Crippen LogP contribution < -0.4 is 10.5 Å². The van der Waals surface area contributed by atoms with Crippen molar-refractivity contribution in [2.24, 2.45) is 5.73 Å². The maximum Gasteiger partial charge on any atom is 0.387 e. The number of amides is 1. The maximum atomic E-state index is 12.1. The molecule has 0 aromatic heterocycles. The molecule has 21 heavy (non-hydrogen) atoms. The highest BCUT2D eigenvalue weighted by molar-refractivity contribution is 5.88. The van der Waals surface area contributed by atoms with E-state index in [1.807, 2.05) is 0 Å². The molecule has 3 N–H and O–H groups in total. The zero-order valence-electron chi connectivity index (χ0n) is 10.9. The molecule has 0 spiro atoms. The molecule has 4 nitrogen and oxygen atoms in total. The summed E-state index contributed by atoms with van der Waals surface area (Å²) in [6.07, 6.45) is 0. The summed E-state index contributed by atoms with van der Waals surface area (Å²) in [5, 5.41) is 10.6. The van der Waals surface area contributed by atoms with E-state index in [0.29, 0.717) is 5.56 Å². The molecule has 1 amide bonds. The van der Waals surface area contributed by atoms with E-state index in [9.17, 15) is 18.7 Å². The van der Waals surface area contributed by atoms with E-state index in [2.05, 4.69) is 4.74 Å². The molecule has 0 saturated heterocycles. The standard InChI is InChI=1S/C15H13F2NO3/c16-14(17)21-12-8-6-11(7-9-12)15(20,13(18)19)10-4-2-1-3-5-10/h1-9,14,20H,(H2,18,19). The highest BCUT2D eigenvalue weighted by Crippen LogP contribution is 2.30. The van der Waals surface area contributed by atoms with Crippen molar-refractivity contribution in [1.29, 1.82) is 0 Å². The van der Waals surface area contributed by atoms with Crippen molar-refractivity contribution >= 4 is 5.91 Å². The third-order valence-electron chi connectivity index (χ3n) is 3.05. The Balaban J connectivity index is 2.42. The van der Waals surface area contributed by atoms with E-state index in [-0.39, 0.29) is 11.3 Å². The van der Waals surface area contributed by atoms with Crippen LogP contribution >= 0.6 is 0 Å². The summed E-state index contributed by atoms with van der Waals surface area (Å²) >= 11 is 0. The van der Waals surface area contributed by atoms with Gasteiger partial charge in [-0.3, -0.25) is 4.79 Å². The third kappa shape index (κ3) is 3.00. The Hall–Kier alpha value is -2.47. The van der Waals surface area contributed by atoms with Crippen molar-refractivity contribution in [2.45, 2.75) is 12.2 Å². The average Bonchev–Trinajstić information content (AvgIpc) is 2.47. The van der Waals surface area contributed by atoms with Gasteiger partial charge in [0.15, 0.2) is 5.60 Å². The van der Waals surface area contributed by atoms with Crippen LogP contribution in [-0.2, 0) is 10.4 Å². The number of hydrogen-bond acceptors (Lipinski definition) is 3. The molecule has 0 bridgehead atoms. The summed E-state index contributed by atoms with van der Waals surface area (Å²) in [5.74, 6) is -1.04. The molecule has 2 rings (SSSR count). The van der Waals surface area contributed by atoms with Gasteiger partial charge in [-0.2, -0.15) is 8.78 Å². The summed E-state index contributed by atoms with van der Waals surface area (Å²) in [5.41, 5.74) is 3.74. The van der Waals surface area contributed by atoms with Crippen molar-refractivity contribution in [3.63, 3.8) is 0 Å². The van der Waals surface area contributed by atoms with Crippen LogP contribution in [0.25, 0.3) is 0 Å². The number of hydrogen-bond donors (Lipinski definition) is 2. The van der Waals surface area contributed by atoms with E-state index in [1.54, 1.807) is 30.3 Å². The first kappa shape index (κ1) is 14.9. The molecule has 6 heteroatoms. The SMILES string of the molecule is NC(=O)C(O)(c1ccccc1)c1ccc(OC(F)F)cc1. The van der Waals surface area contributed by atoms with Gasteiger partial charge < -0.3 is 15.6 Å². The van der Waals surface area contributed by atoms with Crippen LogP contribution in [0.4, 0.5) is 8.78 Å². The van der Waals surface area contributed by atoms with Gasteiger partial charge in [-0.15, -0.1) is 0 Å². The highest BCUT2D eigenvalue weighted by atomic mass is 19.3. The van der Waals surface area contributed by atoms with Crippen molar-refractivity contribution in [1.82, 2.24) is 0 Å². The number of alkyl halides is 2. The minimum absolute atomic E-state index is 0.0753. The Labute approximate surface area is 119 Å². The fourth-order valence-corrected chi connectivity index (χ4v) is 2.01. The molecule has 0 saturated carbocycles. The number of aliphatic hydroxyl groups is 1. The molecule has 0 fully saturated rings. The summed E-state index contributed by atoms with van der Waals surface area (Å²) < 4.78 is 28.4. The Kier molecular flexibility index (Phi) is 4.18. The van der Waals surface area contributed by atoms with Crippen molar-refractivity contribution in [2.75, 3.05) is 0 Å². The molecule has 1 unspecified atom stereocenters. The van der Waals surface area contributed by atoms with Crippen LogP contribution in [0.3, 0.4) is 0 Å². The smallest absolute Gasteiger partial charge is 0.387 e. The van der Waals surface area contributed by atoms with Crippen LogP contribution in [0.2, 0.25) is 0 Å². The molecular formula is C15H13F2NO3. The number of carbonyl (C=O) groups is 1. The fourth-order valence-electron chi connectivity index (χ4n) is 2.01. The number of nitrogens with two attached hydrogens (primary N) is 1. The second kappa shape index (κ2) is 5.88. The van der Waals surface area contributed by atoms with Gasteiger partial charge in [0.05, 0.1) is 0 Å². The summed E-state index contributed by atoms with van der Waals surface area (Å²) in [7, 11) is 0. The molecular weight excluding hydrogens is 280 g/mol. The van der Waals surface area contributed by atoms with Gasteiger partial charge in [0, 0.05) is 0 Å². The van der Waals surface area contributed by atoms with Gasteiger partial charge in [0.2, 0.25) is 0 Å². The lowest BCUT2D eigenvalue weighted by atomic mass is 9.86. The predicted octanol–water partition coefficient (Wildman–Crippen LogP) is 2.01. The number of halogens is 2. The molecule has 0 aliphatic rings. The van der Waals surface area contributed by atoms with Crippen LogP contribution in [0.1, 0.15) is 11.1 Å². The number of primary amides is 1. The fraction of sp³-hybridized carbons (Fsp3) is 0.133. The second-order valence-corrected chi connectivity index (χ2v) is 4.34. The van der Waals surface area contributed by atoms with E-state index in [4.69, 9.17) is 5.73 Å². The quantitative estimate of drug-likeness (QED) is 0.885. The normalized spacial score (nSPS) is 13.7. The first-order valence-corrected chi connectivity index (χ1v) is 6.07.